The third-order valence-electron chi connectivity index (χ3n) is 1.90. The van der Waals surface area contributed by atoms with Gasteiger partial charge >= 0.3 is 12.0 Å². The number of hydrogen-bond acceptors (Lipinski definition) is 7. The number of nitrogens with zero attached hydrogens (tertiary/aromatic N) is 5. The molecule has 2 aromatic heterocycles. The Kier molecular flexibility index (Phi) is 3.66. The predicted octanol–water partition coefficient (Wildman–Crippen LogP) is -0.314. The van der Waals surface area contributed by atoms with Crippen molar-refractivity contribution in [3.63, 3.8) is 0 Å². The van der Waals surface area contributed by atoms with Crippen LogP contribution in [0, 0.1) is 0 Å². The van der Waals surface area contributed by atoms with Crippen LogP contribution in [0.4, 0.5) is 10.7 Å². The number of carbonyl (C=O) groups is 2. The topological polar surface area (TPSA) is 135 Å². The molecule has 0 saturated carbocycles. The van der Waals surface area contributed by atoms with Gasteiger partial charge in [0.25, 0.3) is 5.95 Å². The van der Waals surface area contributed by atoms with Crippen molar-refractivity contribution < 1.29 is 14.7 Å². The molecule has 0 atom stereocenters. The van der Waals surface area contributed by atoms with Gasteiger partial charge in [-0.1, -0.05) is 5.10 Å². The van der Waals surface area contributed by atoms with Crippen LogP contribution in [0.15, 0.2) is 5.38 Å². The van der Waals surface area contributed by atoms with Gasteiger partial charge in [-0.05, 0) is 5.21 Å². The molecule has 0 unspecified atom stereocenters. The summed E-state index contributed by atoms with van der Waals surface area (Å²) in [4.78, 5) is 27.1. The molecule has 0 fully saturated rings. The molecule has 2 heterocycles. The van der Waals surface area contributed by atoms with Gasteiger partial charge in [-0.25, -0.2) is 14.6 Å². The molecule has 19 heavy (non-hydrogen) atoms. The number of carbonyl (C=O) groups excluding carboxylic acids is 1. The van der Waals surface area contributed by atoms with Gasteiger partial charge in [0, 0.05) is 5.38 Å². The first-order valence-corrected chi connectivity index (χ1v) is 5.89. The predicted molar refractivity (Wildman–Crippen MR) is 63.7 cm³/mol. The van der Waals surface area contributed by atoms with Crippen molar-refractivity contribution >= 4 is 29.3 Å². The zero-order valence-electron chi connectivity index (χ0n) is 9.69. The maximum atomic E-state index is 11.5. The van der Waals surface area contributed by atoms with Gasteiger partial charge in [0.2, 0.25) is 0 Å². The van der Waals surface area contributed by atoms with Crippen LogP contribution in [0.5, 0.6) is 0 Å². The number of amides is 2. The van der Waals surface area contributed by atoms with Crippen molar-refractivity contribution in [2.45, 2.75) is 6.54 Å². The zero-order chi connectivity index (χ0) is 13.8. The normalized spacial score (nSPS) is 10.2. The molecule has 3 N–H and O–H groups in total. The van der Waals surface area contributed by atoms with E-state index >= 15 is 0 Å². The first-order chi connectivity index (χ1) is 9.04. The number of carboxylic acids is 1. The Morgan fingerprint density at radius 1 is 1.53 bits per heavy atom. The van der Waals surface area contributed by atoms with E-state index in [9.17, 15) is 9.59 Å². The lowest BCUT2D eigenvalue weighted by Gasteiger charge is -2.01. The summed E-state index contributed by atoms with van der Waals surface area (Å²) >= 11 is 1.15. The molecule has 11 heteroatoms. The Morgan fingerprint density at radius 3 is 2.89 bits per heavy atom. The third-order valence-corrected chi connectivity index (χ3v) is 2.75. The molecule has 0 spiro atoms. The van der Waals surface area contributed by atoms with Gasteiger partial charge < -0.3 is 10.4 Å². The van der Waals surface area contributed by atoms with Crippen LogP contribution >= 0.6 is 11.3 Å². The third kappa shape index (κ3) is 3.45. The van der Waals surface area contributed by atoms with Crippen LogP contribution in [0.2, 0.25) is 0 Å². The van der Waals surface area contributed by atoms with E-state index in [1.54, 1.807) is 7.05 Å². The molecule has 2 aromatic rings. The van der Waals surface area contributed by atoms with E-state index in [0.717, 1.165) is 11.3 Å². The van der Waals surface area contributed by atoms with E-state index in [-0.39, 0.29) is 18.2 Å². The smallest absolute Gasteiger partial charge is 0.355 e. The minimum Gasteiger partial charge on any atom is -0.476 e. The second-order valence-electron chi connectivity index (χ2n) is 3.34. The van der Waals surface area contributed by atoms with Crippen molar-refractivity contribution in [2.75, 3.05) is 5.32 Å². The summed E-state index contributed by atoms with van der Waals surface area (Å²) in [6.45, 7) is 0.115. The summed E-state index contributed by atoms with van der Waals surface area (Å²) in [7, 11) is 1.57. The van der Waals surface area contributed by atoms with Crippen LogP contribution in [-0.2, 0) is 13.6 Å². The number of urea groups is 1. The number of tetrazole rings is 1. The quantitative estimate of drug-likeness (QED) is 0.700. The number of rotatable bonds is 4. The molecule has 2 amide bonds. The van der Waals surface area contributed by atoms with E-state index in [4.69, 9.17) is 5.11 Å². The number of aryl methyl sites for hydroxylation is 1. The molecule has 0 aromatic carbocycles. The van der Waals surface area contributed by atoms with E-state index < -0.39 is 12.0 Å². The largest absolute Gasteiger partial charge is 0.476 e. The van der Waals surface area contributed by atoms with Crippen LogP contribution in [0.1, 0.15) is 15.5 Å². The highest BCUT2D eigenvalue weighted by Crippen LogP contribution is 2.09. The van der Waals surface area contributed by atoms with Gasteiger partial charge in [-0.2, -0.15) is 4.80 Å². The SMILES string of the molecule is Cn1nnc(NC(=O)NCc2nc(C(=O)O)cs2)n1. The molecule has 10 nitrogen and oxygen atoms in total. The van der Waals surface area contributed by atoms with Crippen LogP contribution in [0.3, 0.4) is 0 Å². The molecule has 100 valence electrons. The van der Waals surface area contributed by atoms with E-state index in [0.29, 0.717) is 5.01 Å². The summed E-state index contributed by atoms with van der Waals surface area (Å²) in [5.41, 5.74) is -0.0437. The Labute approximate surface area is 110 Å². The highest BCUT2D eigenvalue weighted by atomic mass is 32.1. The van der Waals surface area contributed by atoms with E-state index in [2.05, 4.69) is 31.0 Å². The summed E-state index contributed by atoms with van der Waals surface area (Å²) in [5.74, 6) is -1.03. The molecule has 2 rings (SSSR count). The fourth-order valence-corrected chi connectivity index (χ4v) is 1.83. The van der Waals surface area contributed by atoms with Crippen LogP contribution in [-0.4, -0.2) is 42.3 Å². The molecule has 0 aliphatic heterocycles. The fourth-order valence-electron chi connectivity index (χ4n) is 1.13. The summed E-state index contributed by atoms with van der Waals surface area (Å²) < 4.78 is 0. The summed E-state index contributed by atoms with van der Waals surface area (Å²) in [6.07, 6.45) is 0. The Balaban J connectivity index is 1.84. The zero-order valence-corrected chi connectivity index (χ0v) is 10.5. The number of thiazole rings is 1. The van der Waals surface area contributed by atoms with Gasteiger partial charge in [-0.3, -0.25) is 5.32 Å². The first kappa shape index (κ1) is 12.9. The standard InChI is InChI=1S/C8H9N7O3S/c1-15-13-7(12-14-15)11-8(18)9-2-5-10-4(3-19-5)6(16)17/h3H,2H2,1H3,(H,16,17)(H2,9,11,13,18). The molecule has 0 aliphatic rings. The average Bonchev–Trinajstić information content (AvgIpc) is 2.96. The molecular weight excluding hydrogens is 274 g/mol. The molecule has 0 saturated heterocycles. The number of anilines is 1. The maximum Gasteiger partial charge on any atom is 0.355 e. The lowest BCUT2D eigenvalue weighted by atomic mass is 10.5. The van der Waals surface area contributed by atoms with Gasteiger partial charge in [0.05, 0.1) is 13.6 Å². The second kappa shape index (κ2) is 5.39. The van der Waals surface area contributed by atoms with Crippen molar-refractivity contribution in [2.24, 2.45) is 7.05 Å². The number of aromatic carboxylic acids is 1. The van der Waals surface area contributed by atoms with Crippen LogP contribution in [0.25, 0.3) is 0 Å². The summed E-state index contributed by atoms with van der Waals surface area (Å²) in [5, 5.41) is 26.3. The molecule has 0 bridgehead atoms. The highest BCUT2D eigenvalue weighted by Gasteiger charge is 2.10. The summed E-state index contributed by atoms with van der Waals surface area (Å²) in [6, 6.07) is -0.528. The highest BCUT2D eigenvalue weighted by molar-refractivity contribution is 7.09. The lowest BCUT2D eigenvalue weighted by Crippen LogP contribution is -2.28. The Bertz CT molecular complexity index is 607. The average molecular weight is 283 g/mol. The number of nitrogens with one attached hydrogen (secondary N) is 2. The van der Waals surface area contributed by atoms with Crippen molar-refractivity contribution in [1.29, 1.82) is 0 Å². The van der Waals surface area contributed by atoms with E-state index in [1.807, 2.05) is 0 Å². The van der Waals surface area contributed by atoms with E-state index in [1.165, 1.54) is 10.2 Å². The minimum absolute atomic E-state index is 0.0437. The monoisotopic (exact) mass is 283 g/mol. The Hall–Kier alpha value is -2.56. The fraction of sp³-hybridized carbons (Fsp3) is 0.250. The van der Waals surface area contributed by atoms with Gasteiger partial charge in [0.1, 0.15) is 5.01 Å². The minimum atomic E-state index is -1.10. The van der Waals surface area contributed by atoms with Gasteiger partial charge in [-0.15, -0.1) is 16.4 Å². The number of aromatic nitrogens is 5. The first-order valence-electron chi connectivity index (χ1n) is 5.01. The van der Waals surface area contributed by atoms with Gasteiger partial charge in [0.15, 0.2) is 5.69 Å². The van der Waals surface area contributed by atoms with Crippen molar-refractivity contribution in [1.82, 2.24) is 30.5 Å². The second-order valence-corrected chi connectivity index (χ2v) is 4.28. The number of carboxylic acid groups (broad SMARTS) is 1. The Morgan fingerprint density at radius 2 is 2.32 bits per heavy atom. The lowest BCUT2D eigenvalue weighted by molar-refractivity contribution is 0.0691. The maximum absolute atomic E-state index is 11.5. The molecule has 0 aliphatic carbocycles. The molecular formula is C8H9N7O3S. The van der Waals surface area contributed by atoms with Crippen molar-refractivity contribution in [3.8, 4) is 0 Å². The van der Waals surface area contributed by atoms with Crippen LogP contribution < -0.4 is 10.6 Å². The van der Waals surface area contributed by atoms with Crippen molar-refractivity contribution in [3.05, 3.63) is 16.1 Å². The number of hydrogen-bond donors (Lipinski definition) is 3. The molecule has 0 radical (unpaired) electrons.